The molecule has 1 aliphatic rings. The molecule has 4 rings (SSSR count). The van der Waals surface area contributed by atoms with Gasteiger partial charge in [-0.2, -0.15) is 0 Å². The van der Waals surface area contributed by atoms with E-state index in [0.717, 1.165) is 0 Å². The highest BCUT2D eigenvalue weighted by Crippen LogP contribution is 2.45. The number of carbonyl (C=O) groups is 2. The van der Waals surface area contributed by atoms with Crippen LogP contribution in [-0.4, -0.2) is 28.9 Å². The Bertz CT molecular complexity index is 1220. The molecule has 0 saturated heterocycles. The van der Waals surface area contributed by atoms with Crippen LogP contribution in [0.1, 0.15) is 32.0 Å². The van der Waals surface area contributed by atoms with Gasteiger partial charge in [-0.25, -0.2) is 9.37 Å². The van der Waals surface area contributed by atoms with E-state index in [1.165, 1.54) is 47.6 Å². The number of ether oxygens (including phenoxy) is 1. The molecule has 0 bridgehead atoms. The minimum absolute atomic E-state index is 0.0643. The Labute approximate surface area is 182 Å². The Morgan fingerprint density at radius 2 is 1.84 bits per heavy atom. The van der Waals surface area contributed by atoms with Crippen molar-refractivity contribution in [3.8, 4) is 5.75 Å². The number of carbonyl (C=O) groups excluding carboxylic acids is 2. The number of thiazole rings is 1. The Morgan fingerprint density at radius 3 is 2.45 bits per heavy atom. The van der Waals surface area contributed by atoms with Crippen molar-refractivity contribution in [3.05, 3.63) is 86.8 Å². The third-order valence-corrected chi connectivity index (χ3v) is 6.17. The number of Topliss-reactive ketones (excluding diaryl/α,β-unsaturated/α-hetero) is 1. The lowest BCUT2D eigenvalue weighted by Crippen LogP contribution is -2.31. The Balaban J connectivity index is 1.93. The third kappa shape index (κ3) is 3.48. The molecule has 0 fully saturated rings. The third-order valence-electron chi connectivity index (χ3n) is 5.10. The van der Waals surface area contributed by atoms with E-state index in [1.54, 1.807) is 38.1 Å². The zero-order valence-electron chi connectivity index (χ0n) is 17.0. The van der Waals surface area contributed by atoms with Gasteiger partial charge in [0.15, 0.2) is 5.76 Å². The fourth-order valence-electron chi connectivity index (χ4n) is 3.76. The van der Waals surface area contributed by atoms with Crippen molar-refractivity contribution in [2.75, 3.05) is 12.0 Å². The Morgan fingerprint density at radius 1 is 1.16 bits per heavy atom. The van der Waals surface area contributed by atoms with Gasteiger partial charge in [0.25, 0.3) is 5.91 Å². The molecular formula is C23H19FN2O4S. The van der Waals surface area contributed by atoms with Gasteiger partial charge in [0.2, 0.25) is 5.78 Å². The van der Waals surface area contributed by atoms with Crippen LogP contribution in [0.15, 0.2) is 59.9 Å². The number of aliphatic hydroxyl groups is 1. The second-order valence-electron chi connectivity index (χ2n) is 7.03. The van der Waals surface area contributed by atoms with E-state index in [1.807, 2.05) is 0 Å². The number of rotatable bonds is 5. The van der Waals surface area contributed by atoms with Crippen molar-refractivity contribution in [2.45, 2.75) is 19.9 Å². The summed E-state index contributed by atoms with van der Waals surface area (Å²) in [5.74, 6) is -1.88. The van der Waals surface area contributed by atoms with Crippen molar-refractivity contribution in [2.24, 2.45) is 0 Å². The van der Waals surface area contributed by atoms with Crippen LogP contribution in [0.3, 0.4) is 0 Å². The molecule has 1 aliphatic heterocycles. The summed E-state index contributed by atoms with van der Waals surface area (Å²) < 4.78 is 19.0. The fraction of sp³-hybridized carbons (Fsp3) is 0.174. The number of aliphatic hydroxyl groups excluding tert-OH is 1. The van der Waals surface area contributed by atoms with Gasteiger partial charge in [-0.15, -0.1) is 11.3 Å². The number of aromatic nitrogens is 1. The summed E-state index contributed by atoms with van der Waals surface area (Å²) in [5, 5.41) is 11.5. The van der Waals surface area contributed by atoms with Gasteiger partial charge in [-0.1, -0.05) is 18.2 Å². The topological polar surface area (TPSA) is 79.7 Å². The molecule has 0 aliphatic carbocycles. The van der Waals surface area contributed by atoms with Gasteiger partial charge in [0.1, 0.15) is 11.6 Å². The van der Waals surface area contributed by atoms with Gasteiger partial charge in [-0.05, 0) is 44.2 Å². The average Bonchev–Trinajstić information content (AvgIpc) is 3.23. The Hall–Kier alpha value is -3.52. The van der Waals surface area contributed by atoms with Gasteiger partial charge < -0.3 is 9.84 Å². The molecule has 8 heteroatoms. The van der Waals surface area contributed by atoms with Crippen molar-refractivity contribution < 1.29 is 23.8 Å². The lowest BCUT2D eigenvalue weighted by atomic mass is 9.94. The molecule has 1 N–H and O–H groups in total. The lowest BCUT2D eigenvalue weighted by Gasteiger charge is -2.28. The first-order valence-electron chi connectivity index (χ1n) is 9.47. The van der Waals surface area contributed by atoms with Crippen LogP contribution < -0.4 is 9.64 Å². The molecule has 6 nitrogen and oxygen atoms in total. The standard InChI is InChI=1S/C23H19FN2O4S/c1-12-22(31-13(2)25-12)20(27)18-19(16-6-4-5-7-17(16)30-3)26(23(29)21(18)28)15-10-8-14(24)9-11-15/h4-11,19,28H,1-3H3. The quantitative estimate of drug-likeness (QED) is 0.585. The van der Waals surface area contributed by atoms with Crippen LogP contribution in [-0.2, 0) is 4.79 Å². The summed E-state index contributed by atoms with van der Waals surface area (Å²) in [6, 6.07) is 11.3. The van der Waals surface area contributed by atoms with Crippen LogP contribution in [0.2, 0.25) is 0 Å². The minimum Gasteiger partial charge on any atom is -0.503 e. The van der Waals surface area contributed by atoms with Crippen molar-refractivity contribution >= 4 is 28.7 Å². The monoisotopic (exact) mass is 438 g/mol. The largest absolute Gasteiger partial charge is 0.503 e. The first kappa shape index (κ1) is 20.7. The number of amides is 1. The molecule has 2 aromatic carbocycles. The highest BCUT2D eigenvalue weighted by Gasteiger charge is 2.46. The first-order valence-corrected chi connectivity index (χ1v) is 10.3. The summed E-state index contributed by atoms with van der Waals surface area (Å²) in [7, 11) is 1.49. The minimum atomic E-state index is -0.955. The van der Waals surface area contributed by atoms with E-state index < -0.39 is 29.3 Å². The lowest BCUT2D eigenvalue weighted by molar-refractivity contribution is -0.117. The number of hydrogen-bond donors (Lipinski definition) is 1. The molecule has 0 spiro atoms. The molecule has 0 saturated carbocycles. The molecule has 1 amide bonds. The molecule has 2 heterocycles. The predicted molar refractivity (Wildman–Crippen MR) is 115 cm³/mol. The number of benzene rings is 2. The van der Waals surface area contributed by atoms with E-state index in [0.29, 0.717) is 32.6 Å². The number of anilines is 1. The van der Waals surface area contributed by atoms with Crippen molar-refractivity contribution in [1.29, 1.82) is 0 Å². The molecule has 1 atom stereocenters. The van der Waals surface area contributed by atoms with Gasteiger partial charge in [0, 0.05) is 11.3 Å². The van der Waals surface area contributed by atoms with Gasteiger partial charge in [0.05, 0.1) is 34.3 Å². The zero-order valence-corrected chi connectivity index (χ0v) is 17.9. The number of methoxy groups -OCH3 is 1. The normalized spacial score (nSPS) is 16.2. The summed E-state index contributed by atoms with van der Waals surface area (Å²) in [5.41, 5.74) is 1.33. The SMILES string of the molecule is COc1ccccc1C1C(C(=O)c2sc(C)nc2C)=C(O)C(=O)N1c1ccc(F)cc1. The van der Waals surface area contributed by atoms with Crippen LogP contribution in [0.5, 0.6) is 5.75 Å². The molecule has 3 aromatic rings. The number of para-hydroxylation sites is 1. The smallest absolute Gasteiger partial charge is 0.294 e. The molecule has 31 heavy (non-hydrogen) atoms. The summed E-state index contributed by atoms with van der Waals surface area (Å²) >= 11 is 1.20. The van der Waals surface area contributed by atoms with Crippen LogP contribution >= 0.6 is 11.3 Å². The molecule has 1 aromatic heterocycles. The zero-order chi connectivity index (χ0) is 22.3. The second kappa shape index (κ2) is 7.96. The second-order valence-corrected chi connectivity index (χ2v) is 8.24. The van der Waals surface area contributed by atoms with E-state index in [-0.39, 0.29) is 5.57 Å². The number of ketones is 1. The highest BCUT2D eigenvalue weighted by atomic mass is 32.1. The van der Waals surface area contributed by atoms with Crippen LogP contribution in [0.25, 0.3) is 0 Å². The van der Waals surface area contributed by atoms with E-state index >= 15 is 0 Å². The number of nitrogens with zero attached hydrogens (tertiary/aromatic N) is 2. The van der Waals surface area contributed by atoms with Gasteiger partial charge in [-0.3, -0.25) is 14.5 Å². The molecule has 1 unspecified atom stereocenters. The molecule has 158 valence electrons. The molecule has 0 radical (unpaired) electrons. The Kier molecular flexibility index (Phi) is 5.32. The maximum atomic E-state index is 13.5. The first-order chi connectivity index (χ1) is 14.8. The predicted octanol–water partition coefficient (Wildman–Crippen LogP) is 4.69. The van der Waals surface area contributed by atoms with Crippen molar-refractivity contribution in [1.82, 2.24) is 4.98 Å². The maximum Gasteiger partial charge on any atom is 0.294 e. The average molecular weight is 438 g/mol. The number of halogens is 1. The molecular weight excluding hydrogens is 419 g/mol. The fourth-order valence-corrected chi connectivity index (χ4v) is 4.63. The summed E-state index contributed by atoms with van der Waals surface area (Å²) in [4.78, 5) is 32.6. The van der Waals surface area contributed by atoms with Gasteiger partial charge >= 0.3 is 0 Å². The van der Waals surface area contributed by atoms with Crippen LogP contribution in [0.4, 0.5) is 10.1 Å². The number of hydrogen-bond acceptors (Lipinski definition) is 6. The van der Waals surface area contributed by atoms with E-state index in [2.05, 4.69) is 4.98 Å². The highest BCUT2D eigenvalue weighted by molar-refractivity contribution is 7.14. The maximum absolute atomic E-state index is 13.5. The van der Waals surface area contributed by atoms with E-state index in [4.69, 9.17) is 4.74 Å². The van der Waals surface area contributed by atoms with E-state index in [9.17, 15) is 19.1 Å². The van der Waals surface area contributed by atoms with Crippen LogP contribution in [0, 0.1) is 19.7 Å². The summed E-state index contributed by atoms with van der Waals surface area (Å²) in [6.45, 7) is 3.49. The number of aryl methyl sites for hydroxylation is 2. The summed E-state index contributed by atoms with van der Waals surface area (Å²) in [6.07, 6.45) is 0. The van der Waals surface area contributed by atoms with Crippen molar-refractivity contribution in [3.63, 3.8) is 0 Å².